The lowest BCUT2D eigenvalue weighted by Crippen LogP contribution is -2.44. The Balaban J connectivity index is 1.65. The van der Waals surface area contributed by atoms with Gasteiger partial charge in [0.25, 0.3) is 0 Å². The Bertz CT molecular complexity index is 889. The fraction of sp³-hybridized carbons (Fsp3) is 0.304. The highest BCUT2D eigenvalue weighted by Crippen LogP contribution is 2.26. The highest BCUT2D eigenvalue weighted by atomic mass is 15.3. The van der Waals surface area contributed by atoms with Gasteiger partial charge in [0, 0.05) is 37.8 Å². The molecule has 1 aliphatic heterocycles. The Hall–Kier alpha value is -2.92. The molecular formula is C23H27N5. The summed E-state index contributed by atoms with van der Waals surface area (Å²) in [5.41, 5.74) is 3.28. The van der Waals surface area contributed by atoms with Gasteiger partial charge in [-0.15, -0.1) is 0 Å². The van der Waals surface area contributed by atoms with Crippen molar-refractivity contribution in [2.75, 3.05) is 43.4 Å². The number of piperazine rings is 1. The smallest absolute Gasteiger partial charge is 0.225 e. The van der Waals surface area contributed by atoms with E-state index in [9.17, 15) is 0 Å². The molecule has 3 aromatic rings. The number of nitrogens with zero attached hydrogens (tertiary/aromatic N) is 4. The summed E-state index contributed by atoms with van der Waals surface area (Å²) in [6.07, 6.45) is 0. The van der Waals surface area contributed by atoms with Gasteiger partial charge in [-0.1, -0.05) is 60.7 Å². The Morgan fingerprint density at radius 1 is 0.857 bits per heavy atom. The number of anilines is 2. The molecule has 0 aliphatic carbocycles. The van der Waals surface area contributed by atoms with Gasteiger partial charge in [-0.25, -0.2) is 4.98 Å². The molecule has 5 heteroatoms. The van der Waals surface area contributed by atoms with Crippen LogP contribution in [0.3, 0.4) is 0 Å². The summed E-state index contributed by atoms with van der Waals surface area (Å²) in [5.74, 6) is 1.66. The molecule has 144 valence electrons. The van der Waals surface area contributed by atoms with E-state index >= 15 is 0 Å². The van der Waals surface area contributed by atoms with Crippen molar-refractivity contribution in [1.29, 1.82) is 0 Å². The largest absolute Gasteiger partial charge is 0.354 e. The molecule has 1 fully saturated rings. The SMILES string of the molecule is CC(Nc1nc(-c2ccccc2)cc(N2CCN(C)CC2)n1)c1ccccc1. The predicted octanol–water partition coefficient (Wildman–Crippen LogP) is 4.07. The van der Waals surface area contributed by atoms with Gasteiger partial charge >= 0.3 is 0 Å². The first-order valence-electron chi connectivity index (χ1n) is 9.88. The van der Waals surface area contributed by atoms with E-state index in [-0.39, 0.29) is 6.04 Å². The van der Waals surface area contributed by atoms with Crippen LogP contribution in [-0.2, 0) is 0 Å². The van der Waals surface area contributed by atoms with Crippen LogP contribution in [0.5, 0.6) is 0 Å². The third kappa shape index (κ3) is 4.31. The number of hydrogen-bond acceptors (Lipinski definition) is 5. The predicted molar refractivity (Wildman–Crippen MR) is 116 cm³/mol. The lowest BCUT2D eigenvalue weighted by atomic mass is 10.1. The number of rotatable bonds is 5. The second-order valence-corrected chi connectivity index (χ2v) is 7.37. The quantitative estimate of drug-likeness (QED) is 0.730. The molecule has 4 rings (SSSR count). The summed E-state index contributed by atoms with van der Waals surface area (Å²) in [4.78, 5) is 14.4. The van der Waals surface area contributed by atoms with Gasteiger partial charge in [-0.05, 0) is 19.5 Å². The third-order valence-corrected chi connectivity index (χ3v) is 5.25. The molecular weight excluding hydrogens is 346 g/mol. The number of benzene rings is 2. The van der Waals surface area contributed by atoms with Crippen LogP contribution in [0.15, 0.2) is 66.7 Å². The van der Waals surface area contributed by atoms with E-state index in [0.717, 1.165) is 43.3 Å². The van der Waals surface area contributed by atoms with E-state index < -0.39 is 0 Å². The Kier molecular flexibility index (Phi) is 5.53. The lowest BCUT2D eigenvalue weighted by Gasteiger charge is -2.33. The summed E-state index contributed by atoms with van der Waals surface area (Å²) in [6, 6.07) is 23.0. The number of aromatic nitrogens is 2. The standard InChI is InChI=1S/C23H27N5/c1-18(19-9-5-3-6-10-19)24-23-25-21(20-11-7-4-8-12-20)17-22(26-23)28-15-13-27(2)14-16-28/h3-12,17-18H,13-16H2,1-2H3,(H,24,25,26). The third-order valence-electron chi connectivity index (χ3n) is 5.25. The molecule has 0 bridgehead atoms. The molecule has 28 heavy (non-hydrogen) atoms. The van der Waals surface area contributed by atoms with Gasteiger partial charge in [-0.3, -0.25) is 0 Å². The van der Waals surface area contributed by atoms with Crippen LogP contribution in [0.4, 0.5) is 11.8 Å². The van der Waals surface area contributed by atoms with Gasteiger partial charge in [0.05, 0.1) is 11.7 Å². The van der Waals surface area contributed by atoms with Crippen molar-refractivity contribution in [2.24, 2.45) is 0 Å². The average Bonchev–Trinajstić information content (AvgIpc) is 2.75. The summed E-state index contributed by atoms with van der Waals surface area (Å²) in [7, 11) is 2.17. The summed E-state index contributed by atoms with van der Waals surface area (Å²) >= 11 is 0. The molecule has 1 saturated heterocycles. The number of likely N-dealkylation sites (N-methyl/N-ethyl adjacent to an activating group) is 1. The Labute approximate surface area is 167 Å². The minimum atomic E-state index is 0.132. The molecule has 1 aromatic heterocycles. The van der Waals surface area contributed by atoms with Gasteiger partial charge < -0.3 is 15.1 Å². The zero-order chi connectivity index (χ0) is 19.3. The first-order chi connectivity index (χ1) is 13.7. The normalized spacial score (nSPS) is 16.0. The average molecular weight is 374 g/mol. The first-order valence-corrected chi connectivity index (χ1v) is 9.88. The van der Waals surface area contributed by atoms with Crippen molar-refractivity contribution in [3.8, 4) is 11.3 Å². The molecule has 0 amide bonds. The van der Waals surface area contributed by atoms with E-state index in [0.29, 0.717) is 5.95 Å². The van der Waals surface area contributed by atoms with Crippen LogP contribution in [0, 0.1) is 0 Å². The highest BCUT2D eigenvalue weighted by Gasteiger charge is 2.18. The zero-order valence-electron chi connectivity index (χ0n) is 16.5. The summed E-state index contributed by atoms with van der Waals surface area (Å²) < 4.78 is 0. The van der Waals surface area contributed by atoms with Gasteiger partial charge in [0.2, 0.25) is 5.95 Å². The molecule has 2 heterocycles. The van der Waals surface area contributed by atoms with Crippen molar-refractivity contribution >= 4 is 11.8 Å². The first kappa shape index (κ1) is 18.4. The minimum absolute atomic E-state index is 0.132. The van der Waals surface area contributed by atoms with Crippen molar-refractivity contribution in [3.63, 3.8) is 0 Å². The Morgan fingerprint density at radius 3 is 2.18 bits per heavy atom. The van der Waals surface area contributed by atoms with Crippen molar-refractivity contribution in [1.82, 2.24) is 14.9 Å². The van der Waals surface area contributed by atoms with Crippen molar-refractivity contribution in [2.45, 2.75) is 13.0 Å². The van der Waals surface area contributed by atoms with E-state index in [4.69, 9.17) is 9.97 Å². The van der Waals surface area contributed by atoms with E-state index in [1.165, 1.54) is 5.56 Å². The maximum Gasteiger partial charge on any atom is 0.225 e. The van der Waals surface area contributed by atoms with Crippen LogP contribution < -0.4 is 10.2 Å². The molecule has 1 unspecified atom stereocenters. The van der Waals surface area contributed by atoms with Crippen LogP contribution in [0.25, 0.3) is 11.3 Å². The fourth-order valence-corrected chi connectivity index (χ4v) is 3.47. The van der Waals surface area contributed by atoms with Crippen LogP contribution >= 0.6 is 0 Å². The zero-order valence-corrected chi connectivity index (χ0v) is 16.5. The van der Waals surface area contributed by atoms with Gasteiger partial charge in [0.15, 0.2) is 0 Å². The van der Waals surface area contributed by atoms with Gasteiger partial charge in [-0.2, -0.15) is 4.98 Å². The topological polar surface area (TPSA) is 44.3 Å². The van der Waals surface area contributed by atoms with Crippen LogP contribution in [0.2, 0.25) is 0 Å². The van der Waals surface area contributed by atoms with Crippen molar-refractivity contribution in [3.05, 3.63) is 72.3 Å². The maximum atomic E-state index is 4.86. The van der Waals surface area contributed by atoms with Crippen LogP contribution in [0.1, 0.15) is 18.5 Å². The molecule has 0 spiro atoms. The van der Waals surface area contributed by atoms with Crippen molar-refractivity contribution < 1.29 is 0 Å². The highest BCUT2D eigenvalue weighted by molar-refractivity contribution is 5.65. The maximum absolute atomic E-state index is 4.86. The monoisotopic (exact) mass is 373 g/mol. The molecule has 1 atom stereocenters. The molecule has 1 N–H and O–H groups in total. The molecule has 0 saturated carbocycles. The number of nitrogens with one attached hydrogen (secondary N) is 1. The van der Waals surface area contributed by atoms with E-state index in [1.54, 1.807) is 0 Å². The second kappa shape index (κ2) is 8.40. The lowest BCUT2D eigenvalue weighted by molar-refractivity contribution is 0.312. The Morgan fingerprint density at radius 2 is 1.50 bits per heavy atom. The van der Waals surface area contributed by atoms with E-state index in [2.05, 4.69) is 71.6 Å². The number of hydrogen-bond donors (Lipinski definition) is 1. The van der Waals surface area contributed by atoms with E-state index in [1.807, 2.05) is 24.3 Å². The summed E-state index contributed by atoms with van der Waals surface area (Å²) in [6.45, 7) is 6.20. The molecule has 5 nitrogen and oxygen atoms in total. The molecule has 2 aromatic carbocycles. The van der Waals surface area contributed by atoms with Crippen LogP contribution in [-0.4, -0.2) is 48.1 Å². The molecule has 0 radical (unpaired) electrons. The molecule has 1 aliphatic rings. The summed E-state index contributed by atoms with van der Waals surface area (Å²) in [5, 5.41) is 3.50. The fourth-order valence-electron chi connectivity index (χ4n) is 3.47. The minimum Gasteiger partial charge on any atom is -0.354 e. The second-order valence-electron chi connectivity index (χ2n) is 7.37. The van der Waals surface area contributed by atoms with Gasteiger partial charge in [0.1, 0.15) is 5.82 Å².